The summed E-state index contributed by atoms with van der Waals surface area (Å²) in [6, 6.07) is 0. The molecule has 1 fully saturated rings. The van der Waals surface area contributed by atoms with Gasteiger partial charge in [0.05, 0.1) is 5.92 Å². The first-order chi connectivity index (χ1) is 9.63. The summed E-state index contributed by atoms with van der Waals surface area (Å²) in [5, 5.41) is 9.16. The maximum atomic E-state index is 11.1. The highest BCUT2D eigenvalue weighted by molar-refractivity contribution is 5.70. The Kier molecular flexibility index (Phi) is 3.59. The molecule has 0 amide bonds. The van der Waals surface area contributed by atoms with Gasteiger partial charge in [-0.2, -0.15) is 0 Å². The molecule has 5 heteroatoms. The molecule has 1 atom stereocenters. The highest BCUT2D eigenvalue weighted by Gasteiger charge is 2.27. The van der Waals surface area contributed by atoms with Crippen molar-refractivity contribution in [3.05, 3.63) is 17.5 Å². The van der Waals surface area contributed by atoms with Crippen molar-refractivity contribution in [3.8, 4) is 0 Å². The van der Waals surface area contributed by atoms with Gasteiger partial charge in [-0.1, -0.05) is 6.92 Å². The van der Waals surface area contributed by atoms with Gasteiger partial charge in [-0.05, 0) is 37.2 Å². The summed E-state index contributed by atoms with van der Waals surface area (Å²) in [6.45, 7) is 4.28. The van der Waals surface area contributed by atoms with E-state index in [1.807, 2.05) is 6.20 Å². The van der Waals surface area contributed by atoms with E-state index in [0.29, 0.717) is 12.8 Å². The maximum absolute atomic E-state index is 11.1. The molecule has 108 valence electrons. The van der Waals surface area contributed by atoms with E-state index in [1.165, 1.54) is 12.8 Å². The van der Waals surface area contributed by atoms with Crippen molar-refractivity contribution in [2.45, 2.75) is 39.0 Å². The number of carboxylic acid groups (broad SMARTS) is 1. The van der Waals surface area contributed by atoms with Gasteiger partial charge in [0.15, 0.2) is 0 Å². The lowest BCUT2D eigenvalue weighted by Crippen LogP contribution is -2.34. The molecule has 0 aromatic carbocycles. The predicted octanol–water partition coefficient (Wildman–Crippen LogP) is 1.90. The first-order valence-corrected chi connectivity index (χ1v) is 7.46. The number of carboxylic acids is 1. The molecule has 3 rings (SSSR count). The molecular weight excluding hydrogens is 254 g/mol. The molecule has 0 unspecified atom stereocenters. The smallest absolute Gasteiger partial charge is 0.306 e. The van der Waals surface area contributed by atoms with E-state index in [1.54, 1.807) is 0 Å². The van der Waals surface area contributed by atoms with Crippen LogP contribution in [0.4, 0.5) is 5.95 Å². The van der Waals surface area contributed by atoms with Crippen LogP contribution in [0.1, 0.15) is 37.4 Å². The fraction of sp³-hybridized carbons (Fsp3) is 0.667. The van der Waals surface area contributed by atoms with E-state index in [9.17, 15) is 4.79 Å². The SMILES string of the molecule is CC1CCN(c2ncc3c(n2)C[C@@H](C(=O)O)CC3)CC1. The first-order valence-electron chi connectivity index (χ1n) is 7.46. The minimum atomic E-state index is -0.706. The van der Waals surface area contributed by atoms with Crippen molar-refractivity contribution >= 4 is 11.9 Å². The molecule has 5 nitrogen and oxygen atoms in total. The van der Waals surface area contributed by atoms with Crippen molar-refractivity contribution in [2.24, 2.45) is 11.8 Å². The number of aryl methyl sites for hydroxylation is 1. The first kappa shape index (κ1) is 13.3. The Balaban J connectivity index is 1.78. The zero-order valence-electron chi connectivity index (χ0n) is 11.9. The molecule has 1 aromatic rings. The van der Waals surface area contributed by atoms with Crippen LogP contribution < -0.4 is 4.90 Å². The van der Waals surface area contributed by atoms with Gasteiger partial charge in [-0.3, -0.25) is 4.79 Å². The maximum Gasteiger partial charge on any atom is 0.306 e. The van der Waals surface area contributed by atoms with Crippen LogP contribution in [0.3, 0.4) is 0 Å². The average Bonchev–Trinajstić information content (AvgIpc) is 2.47. The topological polar surface area (TPSA) is 66.3 Å². The summed E-state index contributed by atoms with van der Waals surface area (Å²) < 4.78 is 0. The van der Waals surface area contributed by atoms with Crippen LogP contribution in [0.5, 0.6) is 0 Å². The quantitative estimate of drug-likeness (QED) is 0.893. The Morgan fingerprint density at radius 3 is 2.80 bits per heavy atom. The van der Waals surface area contributed by atoms with Crippen molar-refractivity contribution in [3.63, 3.8) is 0 Å². The molecular formula is C15H21N3O2. The number of nitrogens with zero attached hydrogens (tertiary/aromatic N) is 3. The molecule has 0 spiro atoms. The highest BCUT2D eigenvalue weighted by Crippen LogP contribution is 2.26. The van der Waals surface area contributed by atoms with Crippen molar-refractivity contribution in [1.82, 2.24) is 9.97 Å². The zero-order chi connectivity index (χ0) is 14.1. The Morgan fingerprint density at radius 2 is 2.10 bits per heavy atom. The fourth-order valence-electron chi connectivity index (χ4n) is 3.05. The van der Waals surface area contributed by atoms with E-state index in [0.717, 1.165) is 42.6 Å². The van der Waals surface area contributed by atoms with Gasteiger partial charge in [-0.25, -0.2) is 9.97 Å². The number of rotatable bonds is 2. The Morgan fingerprint density at radius 1 is 1.35 bits per heavy atom. The van der Waals surface area contributed by atoms with Crippen LogP contribution >= 0.6 is 0 Å². The van der Waals surface area contributed by atoms with Crippen LogP contribution in [0.15, 0.2) is 6.20 Å². The summed E-state index contributed by atoms with van der Waals surface area (Å²) in [6.07, 6.45) is 6.28. The third kappa shape index (κ3) is 2.62. The predicted molar refractivity (Wildman–Crippen MR) is 75.8 cm³/mol. The minimum absolute atomic E-state index is 0.286. The molecule has 1 N–H and O–H groups in total. The van der Waals surface area contributed by atoms with E-state index in [4.69, 9.17) is 5.11 Å². The van der Waals surface area contributed by atoms with Gasteiger partial charge >= 0.3 is 5.97 Å². The monoisotopic (exact) mass is 275 g/mol. The molecule has 1 aromatic heterocycles. The second-order valence-corrected chi connectivity index (χ2v) is 6.09. The molecule has 0 saturated carbocycles. The normalized spacial score (nSPS) is 23.4. The van der Waals surface area contributed by atoms with E-state index in [2.05, 4.69) is 21.8 Å². The summed E-state index contributed by atoms with van der Waals surface area (Å²) in [4.78, 5) is 22.5. The lowest BCUT2D eigenvalue weighted by molar-refractivity contribution is -0.142. The van der Waals surface area contributed by atoms with Gasteiger partial charge < -0.3 is 10.0 Å². The van der Waals surface area contributed by atoms with Gasteiger partial charge in [-0.15, -0.1) is 0 Å². The van der Waals surface area contributed by atoms with Crippen LogP contribution in [0.2, 0.25) is 0 Å². The largest absolute Gasteiger partial charge is 0.481 e. The molecule has 0 bridgehead atoms. The molecule has 0 radical (unpaired) electrons. The third-order valence-electron chi connectivity index (χ3n) is 4.56. The van der Waals surface area contributed by atoms with E-state index in [-0.39, 0.29) is 5.92 Å². The molecule has 2 aliphatic rings. The molecule has 1 saturated heterocycles. The molecule has 1 aliphatic carbocycles. The number of carbonyl (C=O) groups is 1. The number of hydrogen-bond acceptors (Lipinski definition) is 4. The summed E-state index contributed by atoms with van der Waals surface area (Å²) in [5.41, 5.74) is 2.06. The number of hydrogen-bond donors (Lipinski definition) is 1. The standard InChI is InChI=1S/C15H21N3O2/c1-10-4-6-18(7-5-10)15-16-9-12-3-2-11(14(19)20)8-13(12)17-15/h9-11H,2-8H2,1H3,(H,19,20)/t11-/m0/s1. The van der Waals surface area contributed by atoms with E-state index >= 15 is 0 Å². The Labute approximate surface area is 119 Å². The second-order valence-electron chi connectivity index (χ2n) is 6.09. The van der Waals surface area contributed by atoms with Crippen molar-refractivity contribution < 1.29 is 9.90 Å². The molecule has 1 aliphatic heterocycles. The summed E-state index contributed by atoms with van der Waals surface area (Å²) >= 11 is 0. The Hall–Kier alpha value is -1.65. The third-order valence-corrected chi connectivity index (χ3v) is 4.56. The number of fused-ring (bicyclic) bond motifs is 1. The van der Waals surface area contributed by atoms with Crippen molar-refractivity contribution in [2.75, 3.05) is 18.0 Å². The van der Waals surface area contributed by atoms with Crippen molar-refractivity contribution in [1.29, 1.82) is 0 Å². The summed E-state index contributed by atoms with van der Waals surface area (Å²) in [7, 11) is 0. The van der Waals surface area contributed by atoms with Gasteiger partial charge in [0.1, 0.15) is 0 Å². The lowest BCUT2D eigenvalue weighted by atomic mass is 9.88. The summed E-state index contributed by atoms with van der Waals surface area (Å²) in [5.74, 6) is 0.566. The minimum Gasteiger partial charge on any atom is -0.481 e. The van der Waals surface area contributed by atoms with Gasteiger partial charge in [0.25, 0.3) is 0 Å². The van der Waals surface area contributed by atoms with Crippen LogP contribution in [0.25, 0.3) is 0 Å². The van der Waals surface area contributed by atoms with Crippen LogP contribution in [-0.2, 0) is 17.6 Å². The highest BCUT2D eigenvalue weighted by atomic mass is 16.4. The second kappa shape index (κ2) is 5.38. The average molecular weight is 275 g/mol. The lowest BCUT2D eigenvalue weighted by Gasteiger charge is -2.31. The fourth-order valence-corrected chi connectivity index (χ4v) is 3.05. The van der Waals surface area contributed by atoms with Gasteiger partial charge in [0.2, 0.25) is 5.95 Å². The zero-order valence-corrected chi connectivity index (χ0v) is 11.9. The van der Waals surface area contributed by atoms with E-state index < -0.39 is 5.97 Å². The Bertz CT molecular complexity index is 510. The number of aromatic nitrogens is 2. The molecule has 2 heterocycles. The number of aliphatic carboxylic acids is 1. The van der Waals surface area contributed by atoms with Gasteiger partial charge in [0, 0.05) is 31.4 Å². The number of anilines is 1. The van der Waals surface area contributed by atoms with Crippen LogP contribution in [0, 0.1) is 11.8 Å². The number of piperidine rings is 1. The molecule has 20 heavy (non-hydrogen) atoms. The van der Waals surface area contributed by atoms with Crippen LogP contribution in [-0.4, -0.2) is 34.1 Å².